The Balaban J connectivity index is 1.84. The van der Waals surface area contributed by atoms with Crippen molar-refractivity contribution in [2.45, 2.75) is 32.7 Å². The highest BCUT2D eigenvalue weighted by Crippen LogP contribution is 2.31. The van der Waals surface area contributed by atoms with Crippen LogP contribution in [0.5, 0.6) is 0 Å². The van der Waals surface area contributed by atoms with Gasteiger partial charge >= 0.3 is 0 Å². The molecule has 1 fully saturated rings. The number of rotatable bonds is 10. The minimum absolute atomic E-state index is 0.747. The molecule has 0 unspecified atom stereocenters. The first kappa shape index (κ1) is 15.3. The van der Waals surface area contributed by atoms with E-state index in [-0.39, 0.29) is 0 Å². The normalized spacial score (nSPS) is 14.5. The molecule has 2 rings (SSSR count). The van der Waals surface area contributed by atoms with E-state index in [2.05, 4.69) is 34.3 Å². The molecule has 1 N–H and O–H groups in total. The van der Waals surface area contributed by atoms with Crippen molar-refractivity contribution < 1.29 is 4.74 Å². The van der Waals surface area contributed by atoms with Crippen molar-refractivity contribution in [1.82, 2.24) is 10.3 Å². The Labute approximate surface area is 122 Å². The van der Waals surface area contributed by atoms with Crippen molar-refractivity contribution in [1.29, 1.82) is 0 Å². The maximum Gasteiger partial charge on any atom is 0.128 e. The molecule has 1 heterocycles. The Morgan fingerprint density at radius 3 is 2.85 bits per heavy atom. The summed E-state index contributed by atoms with van der Waals surface area (Å²) in [5.74, 6) is 2.03. The van der Waals surface area contributed by atoms with Crippen LogP contribution in [0.1, 0.15) is 31.7 Å². The van der Waals surface area contributed by atoms with Gasteiger partial charge in [0.2, 0.25) is 0 Å². The molecule has 0 saturated heterocycles. The van der Waals surface area contributed by atoms with Crippen LogP contribution in [0.15, 0.2) is 18.3 Å². The molecule has 0 spiro atoms. The Bertz CT molecular complexity index is 376. The second kappa shape index (κ2) is 8.22. The summed E-state index contributed by atoms with van der Waals surface area (Å²) in [5.41, 5.74) is 1.23. The molecular formula is C16H27N3O. The average molecular weight is 277 g/mol. The first-order valence-corrected chi connectivity index (χ1v) is 7.73. The fourth-order valence-electron chi connectivity index (χ4n) is 2.30. The van der Waals surface area contributed by atoms with Crippen LogP contribution in [0.4, 0.5) is 5.82 Å². The summed E-state index contributed by atoms with van der Waals surface area (Å²) >= 11 is 0. The lowest BCUT2D eigenvalue weighted by Gasteiger charge is -2.23. The van der Waals surface area contributed by atoms with E-state index < -0.39 is 0 Å². The van der Waals surface area contributed by atoms with Gasteiger partial charge in [0.15, 0.2) is 0 Å². The number of hydrogen-bond donors (Lipinski definition) is 1. The molecule has 1 aromatic heterocycles. The molecule has 1 aliphatic rings. The van der Waals surface area contributed by atoms with Gasteiger partial charge in [0.05, 0.1) is 6.61 Å². The zero-order valence-corrected chi connectivity index (χ0v) is 12.8. The largest absolute Gasteiger partial charge is 0.383 e. The lowest BCUT2D eigenvalue weighted by molar-refractivity contribution is 0.199. The summed E-state index contributed by atoms with van der Waals surface area (Å²) in [4.78, 5) is 7.06. The highest BCUT2D eigenvalue weighted by atomic mass is 16.5. The molecule has 0 amide bonds. The molecule has 1 aromatic rings. The van der Waals surface area contributed by atoms with Crippen LogP contribution in [0.3, 0.4) is 0 Å². The van der Waals surface area contributed by atoms with Crippen molar-refractivity contribution in [3.8, 4) is 0 Å². The third kappa shape index (κ3) is 5.10. The lowest BCUT2D eigenvalue weighted by Crippen LogP contribution is -2.27. The maximum absolute atomic E-state index is 5.02. The van der Waals surface area contributed by atoms with Crippen LogP contribution in [0.2, 0.25) is 0 Å². The van der Waals surface area contributed by atoms with Gasteiger partial charge in [-0.25, -0.2) is 4.98 Å². The molecule has 0 bridgehead atoms. The average Bonchev–Trinajstić information content (AvgIpc) is 3.28. The molecule has 4 heteroatoms. The van der Waals surface area contributed by atoms with E-state index in [0.29, 0.717) is 0 Å². The third-order valence-electron chi connectivity index (χ3n) is 3.61. The summed E-state index contributed by atoms with van der Waals surface area (Å²) in [6.45, 7) is 6.99. The van der Waals surface area contributed by atoms with E-state index in [1.165, 1.54) is 31.4 Å². The molecule has 0 aliphatic heterocycles. The number of ether oxygens (including phenoxy) is 1. The molecule has 0 radical (unpaired) electrons. The SMILES string of the molecule is CCCN(CC1CC1)c1ccc(CNCCOC)cn1. The van der Waals surface area contributed by atoms with E-state index >= 15 is 0 Å². The smallest absolute Gasteiger partial charge is 0.128 e. The quantitative estimate of drug-likeness (QED) is 0.667. The lowest BCUT2D eigenvalue weighted by atomic mass is 10.2. The van der Waals surface area contributed by atoms with Gasteiger partial charge < -0.3 is 15.0 Å². The first-order valence-electron chi connectivity index (χ1n) is 7.73. The Kier molecular flexibility index (Phi) is 6.27. The van der Waals surface area contributed by atoms with E-state index in [1.54, 1.807) is 7.11 Å². The predicted octanol–water partition coefficient (Wildman–Crippen LogP) is 2.44. The standard InChI is InChI=1S/C16H27N3O/c1-3-9-19(13-14-4-5-14)16-7-6-15(12-18-16)11-17-8-10-20-2/h6-7,12,14,17H,3-5,8-11,13H2,1-2H3. The summed E-state index contributed by atoms with van der Waals surface area (Å²) in [7, 11) is 1.72. The van der Waals surface area contributed by atoms with Gasteiger partial charge in [-0.1, -0.05) is 13.0 Å². The summed E-state index contributed by atoms with van der Waals surface area (Å²) < 4.78 is 5.02. The minimum Gasteiger partial charge on any atom is -0.383 e. The van der Waals surface area contributed by atoms with Gasteiger partial charge in [-0.05, 0) is 36.8 Å². The van der Waals surface area contributed by atoms with Gasteiger partial charge in [-0.15, -0.1) is 0 Å². The van der Waals surface area contributed by atoms with E-state index in [0.717, 1.165) is 38.0 Å². The third-order valence-corrected chi connectivity index (χ3v) is 3.61. The van der Waals surface area contributed by atoms with Crippen molar-refractivity contribution >= 4 is 5.82 Å². The highest BCUT2D eigenvalue weighted by molar-refractivity contribution is 5.39. The van der Waals surface area contributed by atoms with Crippen molar-refractivity contribution in [2.24, 2.45) is 5.92 Å². The number of nitrogens with zero attached hydrogens (tertiary/aromatic N) is 2. The predicted molar refractivity (Wildman–Crippen MR) is 83.0 cm³/mol. The van der Waals surface area contributed by atoms with Crippen molar-refractivity contribution in [3.05, 3.63) is 23.9 Å². The second-order valence-electron chi connectivity index (χ2n) is 5.58. The number of nitrogens with one attached hydrogen (secondary N) is 1. The van der Waals surface area contributed by atoms with Crippen LogP contribution in [0.25, 0.3) is 0 Å². The first-order chi connectivity index (χ1) is 9.83. The van der Waals surface area contributed by atoms with E-state index in [1.807, 2.05) is 6.20 Å². The Hall–Kier alpha value is -1.13. The van der Waals surface area contributed by atoms with Crippen LogP contribution in [0, 0.1) is 5.92 Å². The zero-order chi connectivity index (χ0) is 14.2. The molecule has 20 heavy (non-hydrogen) atoms. The van der Waals surface area contributed by atoms with E-state index in [9.17, 15) is 0 Å². The number of methoxy groups -OCH3 is 1. The van der Waals surface area contributed by atoms with Crippen LogP contribution in [-0.2, 0) is 11.3 Å². The molecule has 0 aromatic carbocycles. The fraction of sp³-hybridized carbons (Fsp3) is 0.688. The Morgan fingerprint density at radius 2 is 2.25 bits per heavy atom. The van der Waals surface area contributed by atoms with Crippen LogP contribution < -0.4 is 10.2 Å². The molecule has 1 aliphatic carbocycles. The minimum atomic E-state index is 0.747. The van der Waals surface area contributed by atoms with Gasteiger partial charge in [0.25, 0.3) is 0 Å². The summed E-state index contributed by atoms with van der Waals surface area (Å²) in [6, 6.07) is 4.34. The number of hydrogen-bond acceptors (Lipinski definition) is 4. The highest BCUT2D eigenvalue weighted by Gasteiger charge is 2.24. The molecule has 1 saturated carbocycles. The molecule has 4 nitrogen and oxygen atoms in total. The van der Waals surface area contributed by atoms with Gasteiger partial charge in [-0.3, -0.25) is 0 Å². The number of anilines is 1. The number of pyridine rings is 1. The van der Waals surface area contributed by atoms with Crippen molar-refractivity contribution in [3.63, 3.8) is 0 Å². The van der Waals surface area contributed by atoms with Crippen LogP contribution in [-0.4, -0.2) is 38.3 Å². The zero-order valence-electron chi connectivity index (χ0n) is 12.8. The maximum atomic E-state index is 5.02. The van der Waals surface area contributed by atoms with Gasteiger partial charge in [0.1, 0.15) is 5.82 Å². The summed E-state index contributed by atoms with van der Waals surface area (Å²) in [5, 5.41) is 3.34. The van der Waals surface area contributed by atoms with Crippen LogP contribution >= 0.6 is 0 Å². The monoisotopic (exact) mass is 277 g/mol. The molecule has 0 atom stereocenters. The van der Waals surface area contributed by atoms with Crippen molar-refractivity contribution in [2.75, 3.05) is 38.3 Å². The fourth-order valence-corrected chi connectivity index (χ4v) is 2.30. The Morgan fingerprint density at radius 1 is 1.40 bits per heavy atom. The summed E-state index contributed by atoms with van der Waals surface area (Å²) in [6.07, 6.45) is 5.95. The second-order valence-corrected chi connectivity index (χ2v) is 5.58. The number of aromatic nitrogens is 1. The topological polar surface area (TPSA) is 37.4 Å². The molecule has 112 valence electrons. The van der Waals surface area contributed by atoms with E-state index in [4.69, 9.17) is 4.74 Å². The van der Waals surface area contributed by atoms with Gasteiger partial charge in [-0.2, -0.15) is 0 Å². The molecular weight excluding hydrogens is 250 g/mol. The van der Waals surface area contributed by atoms with Gasteiger partial charge in [0, 0.05) is 39.5 Å².